The van der Waals surface area contributed by atoms with Gasteiger partial charge >= 0.3 is 5.97 Å². The molecule has 0 bridgehead atoms. The van der Waals surface area contributed by atoms with E-state index in [0.717, 1.165) is 18.2 Å². The van der Waals surface area contributed by atoms with Crippen molar-refractivity contribution in [1.29, 1.82) is 0 Å². The Hall–Kier alpha value is -2.69. The lowest BCUT2D eigenvalue weighted by Gasteiger charge is -2.35. The van der Waals surface area contributed by atoms with E-state index in [-0.39, 0.29) is 16.9 Å². The Kier molecular flexibility index (Phi) is 3.20. The van der Waals surface area contributed by atoms with E-state index in [1.54, 1.807) is 18.2 Å². The van der Waals surface area contributed by atoms with Crippen molar-refractivity contribution in [3.05, 3.63) is 71.3 Å². The third-order valence-electron chi connectivity index (χ3n) is 3.46. The predicted molar refractivity (Wildman–Crippen MR) is 76.3 cm³/mol. The minimum Gasteiger partial charge on any atom is -0.447 e. The minimum absolute atomic E-state index is 0.0769. The number of ether oxygens (including phenoxy) is 2. The van der Waals surface area contributed by atoms with Gasteiger partial charge in [-0.25, -0.2) is 13.6 Å². The van der Waals surface area contributed by atoms with Crippen LogP contribution in [0, 0.1) is 11.6 Å². The number of hydrogen-bond donors (Lipinski definition) is 0. The number of halogens is 2. The fourth-order valence-corrected chi connectivity index (χ4v) is 2.41. The summed E-state index contributed by atoms with van der Waals surface area (Å²) >= 11 is 0. The molecule has 3 rings (SSSR count). The van der Waals surface area contributed by atoms with Crippen LogP contribution in [0.15, 0.2) is 43.0 Å². The molecule has 0 aromatic heterocycles. The van der Waals surface area contributed by atoms with Crippen LogP contribution in [-0.4, -0.2) is 5.97 Å². The van der Waals surface area contributed by atoms with E-state index in [4.69, 9.17) is 9.47 Å². The van der Waals surface area contributed by atoms with Gasteiger partial charge in [0.15, 0.2) is 0 Å². The number of esters is 1. The summed E-state index contributed by atoms with van der Waals surface area (Å²) in [5.74, 6) is -3.51. The third kappa shape index (κ3) is 2.24. The highest BCUT2D eigenvalue weighted by atomic mass is 19.1. The van der Waals surface area contributed by atoms with Crippen molar-refractivity contribution >= 4 is 12.0 Å². The molecule has 2 aromatic rings. The Morgan fingerprint density at radius 2 is 1.82 bits per heavy atom. The lowest BCUT2D eigenvalue weighted by Crippen LogP contribution is -2.39. The molecular weight excluding hydrogens is 290 g/mol. The molecule has 0 amide bonds. The van der Waals surface area contributed by atoms with Crippen LogP contribution in [0.3, 0.4) is 0 Å². The lowest BCUT2D eigenvalue weighted by molar-refractivity contribution is -0.148. The van der Waals surface area contributed by atoms with E-state index in [9.17, 15) is 13.6 Å². The number of rotatable bonds is 2. The summed E-state index contributed by atoms with van der Waals surface area (Å²) in [5.41, 5.74) is 0.884. The van der Waals surface area contributed by atoms with Gasteiger partial charge in [-0.3, -0.25) is 0 Å². The highest BCUT2D eigenvalue weighted by Gasteiger charge is 2.41. The van der Waals surface area contributed by atoms with Crippen molar-refractivity contribution in [2.75, 3.05) is 0 Å². The Balaban J connectivity index is 2.11. The monoisotopic (exact) mass is 302 g/mol. The summed E-state index contributed by atoms with van der Waals surface area (Å²) in [4.78, 5) is 12.3. The molecule has 1 aliphatic rings. The van der Waals surface area contributed by atoms with Crippen LogP contribution < -0.4 is 4.74 Å². The molecule has 1 aliphatic heterocycles. The van der Waals surface area contributed by atoms with Crippen LogP contribution in [0.2, 0.25) is 0 Å². The van der Waals surface area contributed by atoms with Crippen molar-refractivity contribution in [1.82, 2.24) is 0 Å². The number of carbonyl (C=O) groups is 1. The molecular formula is C17H12F2O3. The Morgan fingerprint density at radius 1 is 1.14 bits per heavy atom. The van der Waals surface area contributed by atoms with Gasteiger partial charge in [-0.1, -0.05) is 24.8 Å². The second-order valence-corrected chi connectivity index (χ2v) is 5.02. The first-order valence-electron chi connectivity index (χ1n) is 6.57. The highest BCUT2D eigenvalue weighted by Crippen LogP contribution is 2.39. The summed E-state index contributed by atoms with van der Waals surface area (Å²) in [5, 5.41) is 0. The highest BCUT2D eigenvalue weighted by molar-refractivity contribution is 5.97. The number of cyclic esters (lactones) is 1. The predicted octanol–water partition coefficient (Wildman–Crippen LogP) is 4.03. The van der Waals surface area contributed by atoms with Crippen LogP contribution in [-0.2, 0) is 10.5 Å². The topological polar surface area (TPSA) is 35.5 Å². The third-order valence-corrected chi connectivity index (χ3v) is 3.46. The number of benzene rings is 2. The molecule has 0 N–H and O–H groups in total. The van der Waals surface area contributed by atoms with Gasteiger partial charge in [-0.15, -0.1) is 0 Å². The van der Waals surface area contributed by atoms with Gasteiger partial charge in [0.05, 0.1) is 0 Å². The second kappa shape index (κ2) is 4.94. The first-order chi connectivity index (χ1) is 10.4. The SMILES string of the molecule is C=Cc1cccc2c1C(=O)OC(C)(c1cc(F)cc(F)c1)O2. The van der Waals surface area contributed by atoms with E-state index in [1.807, 2.05) is 0 Å². The first kappa shape index (κ1) is 14.3. The van der Waals surface area contributed by atoms with E-state index in [0.29, 0.717) is 5.56 Å². The van der Waals surface area contributed by atoms with Gasteiger partial charge in [0.1, 0.15) is 22.9 Å². The van der Waals surface area contributed by atoms with Crippen molar-refractivity contribution in [2.45, 2.75) is 12.7 Å². The molecule has 112 valence electrons. The van der Waals surface area contributed by atoms with Crippen molar-refractivity contribution in [3.63, 3.8) is 0 Å². The van der Waals surface area contributed by atoms with Gasteiger partial charge in [0.25, 0.3) is 5.79 Å². The standard InChI is InChI=1S/C17H12F2O3/c1-3-10-5-4-6-14-15(10)16(20)22-17(2,21-14)11-7-12(18)9-13(19)8-11/h3-9H,1H2,2H3. The molecule has 3 nitrogen and oxygen atoms in total. The molecule has 0 spiro atoms. The molecule has 0 aliphatic carbocycles. The summed E-state index contributed by atoms with van der Waals surface area (Å²) in [6.07, 6.45) is 1.51. The molecule has 0 radical (unpaired) electrons. The average molecular weight is 302 g/mol. The zero-order valence-electron chi connectivity index (χ0n) is 11.7. The van der Waals surface area contributed by atoms with Gasteiger partial charge in [-0.05, 0) is 23.8 Å². The van der Waals surface area contributed by atoms with Gasteiger partial charge in [0, 0.05) is 18.6 Å². The fraction of sp³-hybridized carbons (Fsp3) is 0.118. The average Bonchev–Trinajstić information content (AvgIpc) is 2.45. The van der Waals surface area contributed by atoms with Crippen LogP contribution in [0.5, 0.6) is 5.75 Å². The van der Waals surface area contributed by atoms with Crippen LogP contribution in [0.1, 0.15) is 28.4 Å². The quantitative estimate of drug-likeness (QED) is 0.786. The molecule has 0 saturated heterocycles. The van der Waals surface area contributed by atoms with Crippen molar-refractivity contribution in [3.8, 4) is 5.75 Å². The zero-order valence-corrected chi connectivity index (χ0v) is 11.7. The maximum atomic E-state index is 13.4. The molecule has 0 saturated carbocycles. The molecule has 0 fully saturated rings. The molecule has 2 aromatic carbocycles. The minimum atomic E-state index is -1.60. The molecule has 1 unspecified atom stereocenters. The number of hydrogen-bond acceptors (Lipinski definition) is 3. The normalized spacial score (nSPS) is 19.9. The molecule has 5 heteroatoms. The summed E-state index contributed by atoms with van der Waals surface area (Å²) in [6.45, 7) is 5.06. The fourth-order valence-electron chi connectivity index (χ4n) is 2.41. The summed E-state index contributed by atoms with van der Waals surface area (Å²) < 4.78 is 37.8. The van der Waals surface area contributed by atoms with E-state index in [1.165, 1.54) is 13.0 Å². The number of fused-ring (bicyclic) bond motifs is 1. The van der Waals surface area contributed by atoms with Crippen LogP contribution in [0.4, 0.5) is 8.78 Å². The zero-order chi connectivity index (χ0) is 15.9. The van der Waals surface area contributed by atoms with Gasteiger partial charge < -0.3 is 9.47 Å². The lowest BCUT2D eigenvalue weighted by atomic mass is 10.0. The smallest absolute Gasteiger partial charge is 0.346 e. The van der Waals surface area contributed by atoms with Crippen LogP contribution >= 0.6 is 0 Å². The van der Waals surface area contributed by atoms with E-state index < -0.39 is 23.4 Å². The maximum Gasteiger partial charge on any atom is 0.346 e. The largest absolute Gasteiger partial charge is 0.447 e. The Bertz CT molecular complexity index is 765. The second-order valence-electron chi connectivity index (χ2n) is 5.02. The van der Waals surface area contributed by atoms with Gasteiger partial charge in [0.2, 0.25) is 0 Å². The van der Waals surface area contributed by atoms with Crippen molar-refractivity contribution in [2.24, 2.45) is 0 Å². The first-order valence-corrected chi connectivity index (χ1v) is 6.57. The summed E-state index contributed by atoms with van der Waals surface area (Å²) in [6, 6.07) is 7.86. The van der Waals surface area contributed by atoms with Crippen molar-refractivity contribution < 1.29 is 23.0 Å². The van der Waals surface area contributed by atoms with Crippen LogP contribution in [0.25, 0.3) is 6.08 Å². The molecule has 1 atom stereocenters. The Morgan fingerprint density at radius 3 is 2.45 bits per heavy atom. The molecule has 22 heavy (non-hydrogen) atoms. The number of carbonyl (C=O) groups excluding carboxylic acids is 1. The summed E-state index contributed by atoms with van der Waals surface area (Å²) in [7, 11) is 0. The molecule has 1 heterocycles. The van der Waals surface area contributed by atoms with E-state index in [2.05, 4.69) is 6.58 Å². The Labute approximate surface area is 125 Å². The van der Waals surface area contributed by atoms with E-state index >= 15 is 0 Å². The van der Waals surface area contributed by atoms with Gasteiger partial charge in [-0.2, -0.15) is 0 Å². The maximum absolute atomic E-state index is 13.4.